The molecule has 0 atom stereocenters. The fourth-order valence-electron chi connectivity index (χ4n) is 2.18. The van der Waals surface area contributed by atoms with Crippen LogP contribution in [0.3, 0.4) is 0 Å². The van der Waals surface area contributed by atoms with Gasteiger partial charge in [-0.25, -0.2) is 0 Å². The molecule has 0 radical (unpaired) electrons. The molecule has 98 valence electrons. The van der Waals surface area contributed by atoms with E-state index < -0.39 is 0 Å². The standard InChI is InChI=1S/C18H13ClO/c19-17-3-1-2-16(12-17)15-6-4-13(5-7-15)14-8-10-18(20)11-9-14/h1-12,20H. The van der Waals surface area contributed by atoms with Crippen molar-refractivity contribution >= 4 is 11.6 Å². The summed E-state index contributed by atoms with van der Waals surface area (Å²) in [5, 5.41) is 10.1. The molecule has 1 N–H and O–H groups in total. The zero-order chi connectivity index (χ0) is 13.9. The fourth-order valence-corrected chi connectivity index (χ4v) is 2.37. The highest BCUT2D eigenvalue weighted by molar-refractivity contribution is 6.30. The SMILES string of the molecule is Oc1ccc(-c2ccc(-c3cccc(Cl)c3)cc2)cc1. The minimum absolute atomic E-state index is 0.282. The molecular weight excluding hydrogens is 268 g/mol. The first kappa shape index (κ1) is 12.8. The van der Waals surface area contributed by atoms with Crippen LogP contribution in [0, 0.1) is 0 Å². The molecule has 0 aromatic heterocycles. The van der Waals surface area contributed by atoms with E-state index in [-0.39, 0.29) is 5.75 Å². The van der Waals surface area contributed by atoms with Gasteiger partial charge in [0.1, 0.15) is 5.75 Å². The molecule has 1 nitrogen and oxygen atoms in total. The maximum absolute atomic E-state index is 9.31. The normalized spacial score (nSPS) is 10.4. The number of rotatable bonds is 2. The summed E-state index contributed by atoms with van der Waals surface area (Å²) in [7, 11) is 0. The Morgan fingerprint density at radius 3 is 1.65 bits per heavy atom. The largest absolute Gasteiger partial charge is 0.508 e. The van der Waals surface area contributed by atoms with Crippen molar-refractivity contribution in [1.29, 1.82) is 0 Å². The van der Waals surface area contributed by atoms with Gasteiger partial charge < -0.3 is 5.11 Å². The van der Waals surface area contributed by atoms with E-state index in [0.29, 0.717) is 0 Å². The average Bonchev–Trinajstić information content (AvgIpc) is 2.48. The highest BCUT2D eigenvalue weighted by atomic mass is 35.5. The Bertz CT molecular complexity index is 715. The van der Waals surface area contributed by atoms with Crippen LogP contribution in [-0.4, -0.2) is 5.11 Å². The van der Waals surface area contributed by atoms with Gasteiger partial charge >= 0.3 is 0 Å². The molecule has 0 aliphatic heterocycles. The summed E-state index contributed by atoms with van der Waals surface area (Å²) in [5.41, 5.74) is 4.45. The molecule has 0 aliphatic carbocycles. The summed E-state index contributed by atoms with van der Waals surface area (Å²) in [5.74, 6) is 0.282. The Morgan fingerprint density at radius 2 is 1.10 bits per heavy atom. The van der Waals surface area contributed by atoms with Crippen LogP contribution in [0.25, 0.3) is 22.3 Å². The predicted molar refractivity (Wildman–Crippen MR) is 84.0 cm³/mol. The van der Waals surface area contributed by atoms with Crippen molar-refractivity contribution in [3.63, 3.8) is 0 Å². The Balaban J connectivity index is 1.93. The number of aromatic hydroxyl groups is 1. The van der Waals surface area contributed by atoms with Crippen molar-refractivity contribution in [3.05, 3.63) is 77.8 Å². The molecule has 3 aromatic rings. The van der Waals surface area contributed by atoms with E-state index in [1.165, 1.54) is 0 Å². The third-order valence-corrected chi connectivity index (χ3v) is 3.48. The van der Waals surface area contributed by atoms with Crippen LogP contribution in [0.2, 0.25) is 5.02 Å². The molecule has 0 unspecified atom stereocenters. The van der Waals surface area contributed by atoms with Crippen LogP contribution in [0.4, 0.5) is 0 Å². The first-order chi connectivity index (χ1) is 9.72. The van der Waals surface area contributed by atoms with E-state index in [1.807, 2.05) is 36.4 Å². The third-order valence-electron chi connectivity index (χ3n) is 3.24. The minimum Gasteiger partial charge on any atom is -0.508 e. The van der Waals surface area contributed by atoms with Gasteiger partial charge in [0.15, 0.2) is 0 Å². The molecule has 0 heterocycles. The highest BCUT2D eigenvalue weighted by Crippen LogP contribution is 2.27. The lowest BCUT2D eigenvalue weighted by molar-refractivity contribution is 0.475. The maximum atomic E-state index is 9.31. The van der Waals surface area contributed by atoms with Crippen LogP contribution < -0.4 is 0 Å². The van der Waals surface area contributed by atoms with Crippen LogP contribution in [-0.2, 0) is 0 Å². The van der Waals surface area contributed by atoms with E-state index in [4.69, 9.17) is 11.6 Å². The van der Waals surface area contributed by atoms with Crippen LogP contribution in [0.5, 0.6) is 5.75 Å². The van der Waals surface area contributed by atoms with Gasteiger partial charge in [0, 0.05) is 5.02 Å². The van der Waals surface area contributed by atoms with Gasteiger partial charge in [0.05, 0.1) is 0 Å². The number of hydrogen-bond acceptors (Lipinski definition) is 1. The quantitative estimate of drug-likeness (QED) is 0.668. The monoisotopic (exact) mass is 280 g/mol. The van der Waals surface area contributed by atoms with E-state index in [9.17, 15) is 5.11 Å². The molecule has 20 heavy (non-hydrogen) atoms. The predicted octanol–water partition coefficient (Wildman–Crippen LogP) is 5.38. The fraction of sp³-hybridized carbons (Fsp3) is 0. The lowest BCUT2D eigenvalue weighted by Crippen LogP contribution is -1.80. The molecule has 3 rings (SSSR count). The average molecular weight is 281 g/mol. The lowest BCUT2D eigenvalue weighted by atomic mass is 10.0. The number of hydrogen-bond donors (Lipinski definition) is 1. The number of benzene rings is 3. The summed E-state index contributed by atoms with van der Waals surface area (Å²) < 4.78 is 0. The van der Waals surface area contributed by atoms with Crippen molar-refractivity contribution in [2.75, 3.05) is 0 Å². The van der Waals surface area contributed by atoms with Crippen molar-refractivity contribution in [1.82, 2.24) is 0 Å². The van der Waals surface area contributed by atoms with Crippen molar-refractivity contribution in [2.45, 2.75) is 0 Å². The minimum atomic E-state index is 0.282. The van der Waals surface area contributed by atoms with Crippen LogP contribution in [0.15, 0.2) is 72.8 Å². The Hall–Kier alpha value is -2.25. The van der Waals surface area contributed by atoms with Gasteiger partial charge in [0.2, 0.25) is 0 Å². The molecule has 0 aliphatic rings. The van der Waals surface area contributed by atoms with Crippen LogP contribution >= 0.6 is 11.6 Å². The summed E-state index contributed by atoms with van der Waals surface area (Å²) in [4.78, 5) is 0. The van der Waals surface area contributed by atoms with E-state index >= 15 is 0 Å². The zero-order valence-corrected chi connectivity index (χ0v) is 11.5. The molecule has 0 amide bonds. The van der Waals surface area contributed by atoms with Crippen molar-refractivity contribution < 1.29 is 5.11 Å². The maximum Gasteiger partial charge on any atom is 0.115 e. The second kappa shape index (κ2) is 5.40. The second-order valence-corrected chi connectivity index (χ2v) is 5.07. The number of phenols is 1. The molecule has 0 fully saturated rings. The van der Waals surface area contributed by atoms with Gasteiger partial charge in [0.25, 0.3) is 0 Å². The van der Waals surface area contributed by atoms with Crippen molar-refractivity contribution in [2.24, 2.45) is 0 Å². The Kier molecular flexibility index (Phi) is 3.44. The van der Waals surface area contributed by atoms with Gasteiger partial charge in [-0.15, -0.1) is 0 Å². The molecule has 3 aromatic carbocycles. The van der Waals surface area contributed by atoms with E-state index in [2.05, 4.69) is 24.3 Å². The molecule has 0 saturated heterocycles. The summed E-state index contributed by atoms with van der Waals surface area (Å²) in [6.45, 7) is 0. The van der Waals surface area contributed by atoms with Gasteiger partial charge in [-0.2, -0.15) is 0 Å². The van der Waals surface area contributed by atoms with Crippen LogP contribution in [0.1, 0.15) is 0 Å². The van der Waals surface area contributed by atoms with Gasteiger partial charge in [-0.3, -0.25) is 0 Å². The molecule has 0 saturated carbocycles. The summed E-state index contributed by atoms with van der Waals surface area (Å²) in [6.07, 6.45) is 0. The Morgan fingerprint density at radius 1 is 0.600 bits per heavy atom. The first-order valence-corrected chi connectivity index (χ1v) is 6.75. The molecule has 0 spiro atoms. The van der Waals surface area contributed by atoms with Gasteiger partial charge in [-0.05, 0) is 46.5 Å². The number of phenolic OH excluding ortho intramolecular Hbond substituents is 1. The molecule has 2 heteroatoms. The Labute approximate surface area is 123 Å². The zero-order valence-electron chi connectivity index (χ0n) is 10.8. The molecule has 0 bridgehead atoms. The topological polar surface area (TPSA) is 20.2 Å². The summed E-state index contributed by atoms with van der Waals surface area (Å²) >= 11 is 6.01. The third kappa shape index (κ3) is 2.68. The lowest BCUT2D eigenvalue weighted by Gasteiger charge is -2.05. The number of halogens is 1. The van der Waals surface area contributed by atoms with E-state index in [0.717, 1.165) is 27.3 Å². The summed E-state index contributed by atoms with van der Waals surface area (Å²) in [6, 6.07) is 23.3. The molecular formula is C18H13ClO. The smallest absolute Gasteiger partial charge is 0.115 e. The first-order valence-electron chi connectivity index (χ1n) is 6.38. The second-order valence-electron chi connectivity index (χ2n) is 4.63. The van der Waals surface area contributed by atoms with Gasteiger partial charge in [-0.1, -0.05) is 60.1 Å². The highest BCUT2D eigenvalue weighted by Gasteiger charge is 2.01. The van der Waals surface area contributed by atoms with Crippen molar-refractivity contribution in [3.8, 4) is 28.0 Å². The van der Waals surface area contributed by atoms with E-state index in [1.54, 1.807) is 12.1 Å².